The zero-order chi connectivity index (χ0) is 18.8. The number of hydrogen-bond acceptors (Lipinski definition) is 1. The van der Waals surface area contributed by atoms with E-state index in [4.69, 9.17) is 4.98 Å². The summed E-state index contributed by atoms with van der Waals surface area (Å²) in [6.45, 7) is 4.36. The summed E-state index contributed by atoms with van der Waals surface area (Å²) in [5.74, 6) is 0.737. The van der Waals surface area contributed by atoms with Crippen LogP contribution in [0.4, 0.5) is 0 Å². The van der Waals surface area contributed by atoms with Crippen molar-refractivity contribution in [2.24, 2.45) is 0 Å². The van der Waals surface area contributed by atoms with Crippen molar-refractivity contribution in [3.05, 3.63) is 77.4 Å². The molecule has 1 nitrogen and oxygen atoms in total. The van der Waals surface area contributed by atoms with Crippen LogP contribution in [-0.4, -0.2) is 19.5 Å². The molecule has 2 heteroatoms. The van der Waals surface area contributed by atoms with Crippen LogP contribution in [0.2, 0.25) is 0 Å². The van der Waals surface area contributed by atoms with E-state index < -0.39 is 0 Å². The molecule has 1 fully saturated rings. The molecule has 5 aromatic rings. The second-order valence-corrected chi connectivity index (χ2v) is 10.4. The van der Waals surface area contributed by atoms with E-state index in [-0.39, 0.29) is 0 Å². The summed E-state index contributed by atoms with van der Waals surface area (Å²) in [7, 11) is 0. The first-order valence-corrected chi connectivity index (χ1v) is 11.7. The second kappa shape index (κ2) is 6.04. The summed E-state index contributed by atoms with van der Waals surface area (Å²) in [6, 6.07) is 22.6. The number of aryl methyl sites for hydroxylation is 2. The minimum absolute atomic E-state index is 0.339. The first kappa shape index (κ1) is 16.5. The van der Waals surface area contributed by atoms with Gasteiger partial charge in [-0.3, -0.25) is 0 Å². The summed E-state index contributed by atoms with van der Waals surface area (Å²) < 4.78 is 3.05. The van der Waals surface area contributed by atoms with Crippen LogP contribution in [-0.2, 0) is 0 Å². The molecule has 0 radical (unpaired) electrons. The fourth-order valence-corrected chi connectivity index (χ4v) is 7.27. The van der Waals surface area contributed by atoms with E-state index in [9.17, 15) is 0 Å². The van der Waals surface area contributed by atoms with Crippen molar-refractivity contribution in [3.63, 3.8) is 0 Å². The summed E-state index contributed by atoms with van der Waals surface area (Å²) in [5, 5.41) is 4.23. The average Bonchev–Trinajstić information content (AvgIpc) is 3.46. The van der Waals surface area contributed by atoms with Crippen molar-refractivity contribution < 1.29 is 0 Å². The number of nitrogens with zero attached hydrogens (tertiary/aromatic N) is 1. The van der Waals surface area contributed by atoms with E-state index in [1.54, 1.807) is 4.26 Å². The first-order chi connectivity index (χ1) is 13.7. The Labute approximate surface area is 170 Å². The Kier molecular flexibility index (Phi) is 3.57. The van der Waals surface area contributed by atoms with E-state index in [1.165, 1.54) is 61.0 Å². The third-order valence-electron chi connectivity index (χ3n) is 5.88. The fourth-order valence-electron chi connectivity index (χ4n) is 4.59. The molecule has 0 amide bonds. The molecule has 0 atom stereocenters. The molecule has 1 aliphatic carbocycles. The molecule has 1 aliphatic rings. The maximum atomic E-state index is 5.28. The number of hydrogen-bond donors (Lipinski definition) is 0. The summed E-state index contributed by atoms with van der Waals surface area (Å²) in [6.07, 6.45) is 2.65. The van der Waals surface area contributed by atoms with Gasteiger partial charge in [0.1, 0.15) is 0 Å². The van der Waals surface area contributed by atoms with Crippen LogP contribution in [0.3, 0.4) is 0 Å². The van der Waals surface area contributed by atoms with Gasteiger partial charge in [-0.25, -0.2) is 0 Å². The third kappa shape index (κ3) is 2.49. The van der Waals surface area contributed by atoms with Crippen LogP contribution in [0.15, 0.2) is 60.7 Å². The van der Waals surface area contributed by atoms with E-state index in [0.29, 0.717) is 14.5 Å². The summed E-state index contributed by atoms with van der Waals surface area (Å²) in [4.78, 5) is 5.28. The molecule has 0 aliphatic heterocycles. The molecule has 0 unspecified atom stereocenters. The van der Waals surface area contributed by atoms with Gasteiger partial charge < -0.3 is 0 Å². The molecule has 1 saturated carbocycles. The van der Waals surface area contributed by atoms with Gasteiger partial charge in [-0.1, -0.05) is 0 Å². The monoisotopic (exact) mass is 427 g/mol. The predicted octanol–water partition coefficient (Wildman–Crippen LogP) is 6.76. The topological polar surface area (TPSA) is 12.9 Å². The van der Waals surface area contributed by atoms with E-state index in [0.717, 1.165) is 11.6 Å². The van der Waals surface area contributed by atoms with Crippen LogP contribution < -0.4 is 0 Å². The molecule has 28 heavy (non-hydrogen) atoms. The van der Waals surface area contributed by atoms with E-state index in [1.807, 2.05) is 0 Å². The zero-order valence-corrected chi connectivity index (χ0v) is 17.8. The minimum atomic E-state index is 0.339. The van der Waals surface area contributed by atoms with Crippen LogP contribution in [0.25, 0.3) is 41.5 Å². The summed E-state index contributed by atoms with van der Waals surface area (Å²) >= 11 is 0.339. The van der Waals surface area contributed by atoms with Crippen molar-refractivity contribution in [1.29, 1.82) is 0 Å². The number of fused-ring (bicyclic) bond motifs is 5. The van der Waals surface area contributed by atoms with Crippen molar-refractivity contribution in [1.82, 2.24) is 4.98 Å². The molecular weight excluding hydrogens is 405 g/mol. The second-order valence-electron chi connectivity index (χ2n) is 8.15. The predicted molar refractivity (Wildman–Crippen MR) is 121 cm³/mol. The molecule has 136 valence electrons. The Balaban J connectivity index is 1.83. The van der Waals surface area contributed by atoms with Crippen molar-refractivity contribution in [2.75, 3.05) is 0 Å². The standard InChI is InChI=1S/C26H21NSe/c1-15-12-16(2)14-18(13-15)25-24-20-6-3-4-9-22(20)28-26(24)23-19(17-10-11-17)7-5-8-21(23)27-25/h3-9,12-14,17H,10-11H2,1-2H3. The van der Waals surface area contributed by atoms with Gasteiger partial charge in [0.15, 0.2) is 0 Å². The fraction of sp³-hybridized carbons (Fsp3) is 0.192. The van der Waals surface area contributed by atoms with Gasteiger partial charge in [0.25, 0.3) is 0 Å². The molecule has 3 aromatic carbocycles. The third-order valence-corrected chi connectivity index (χ3v) is 8.37. The Morgan fingerprint density at radius 1 is 0.857 bits per heavy atom. The summed E-state index contributed by atoms with van der Waals surface area (Å²) in [5.41, 5.74) is 7.72. The molecule has 0 spiro atoms. The number of pyridine rings is 1. The zero-order valence-electron chi connectivity index (χ0n) is 16.1. The Morgan fingerprint density at radius 3 is 2.43 bits per heavy atom. The van der Waals surface area contributed by atoms with Gasteiger partial charge in [-0.15, -0.1) is 0 Å². The van der Waals surface area contributed by atoms with Gasteiger partial charge in [0.05, 0.1) is 0 Å². The quantitative estimate of drug-likeness (QED) is 0.284. The van der Waals surface area contributed by atoms with Crippen LogP contribution >= 0.6 is 0 Å². The van der Waals surface area contributed by atoms with Crippen molar-refractivity contribution in [3.8, 4) is 11.3 Å². The van der Waals surface area contributed by atoms with Crippen LogP contribution in [0.5, 0.6) is 0 Å². The molecule has 6 rings (SSSR count). The van der Waals surface area contributed by atoms with Gasteiger partial charge in [0.2, 0.25) is 0 Å². The molecular formula is C26H21NSe. The number of benzene rings is 3. The van der Waals surface area contributed by atoms with Gasteiger partial charge >= 0.3 is 171 Å². The first-order valence-electron chi connectivity index (χ1n) is 10.0. The molecule has 0 bridgehead atoms. The van der Waals surface area contributed by atoms with Crippen molar-refractivity contribution >= 4 is 44.7 Å². The van der Waals surface area contributed by atoms with E-state index in [2.05, 4.69) is 74.5 Å². The molecule has 2 heterocycles. The van der Waals surface area contributed by atoms with E-state index >= 15 is 0 Å². The van der Waals surface area contributed by atoms with Gasteiger partial charge in [-0.2, -0.15) is 0 Å². The maximum absolute atomic E-state index is 5.28. The number of aromatic nitrogens is 1. The molecule has 2 aromatic heterocycles. The van der Waals surface area contributed by atoms with Gasteiger partial charge in [-0.05, 0) is 0 Å². The molecule has 0 saturated heterocycles. The van der Waals surface area contributed by atoms with Crippen LogP contribution in [0, 0.1) is 13.8 Å². The Bertz CT molecular complexity index is 1370. The average molecular weight is 426 g/mol. The SMILES string of the molecule is Cc1cc(C)cc(-c2nc3cccc(C4CC4)c3c3[se]c4ccccc4c23)c1. The Morgan fingerprint density at radius 2 is 1.64 bits per heavy atom. The van der Waals surface area contributed by atoms with Gasteiger partial charge in [0, 0.05) is 0 Å². The molecule has 0 N–H and O–H groups in total. The van der Waals surface area contributed by atoms with Crippen molar-refractivity contribution in [2.45, 2.75) is 32.6 Å². The Hall–Kier alpha value is -2.41. The normalized spacial score (nSPS) is 14.4. The van der Waals surface area contributed by atoms with Crippen LogP contribution in [0.1, 0.15) is 35.4 Å². The number of rotatable bonds is 2.